The molecule has 0 bridgehead atoms. The van der Waals surface area contributed by atoms with Crippen molar-refractivity contribution in [1.29, 1.82) is 0 Å². The highest BCUT2D eigenvalue weighted by Gasteiger charge is 2.39. The van der Waals surface area contributed by atoms with E-state index in [9.17, 15) is 13.2 Å². The second kappa shape index (κ2) is 7.91. The molecule has 0 aromatic carbocycles. The maximum Gasteiger partial charge on any atom is 0.248 e. The summed E-state index contributed by atoms with van der Waals surface area (Å²) >= 11 is 0. The minimum atomic E-state index is -3.62. The van der Waals surface area contributed by atoms with E-state index in [0.29, 0.717) is 49.3 Å². The van der Waals surface area contributed by atoms with Gasteiger partial charge in [0.15, 0.2) is 5.76 Å². The number of rotatable bonds is 7. The zero-order valence-electron chi connectivity index (χ0n) is 16.8. The first-order chi connectivity index (χ1) is 12.7. The lowest BCUT2D eigenvalue weighted by molar-refractivity contribution is -0.137. The van der Waals surface area contributed by atoms with E-state index in [-0.39, 0.29) is 16.7 Å². The van der Waals surface area contributed by atoms with E-state index in [2.05, 4.69) is 23.9 Å². The van der Waals surface area contributed by atoms with Crippen molar-refractivity contribution in [2.75, 3.05) is 19.6 Å². The van der Waals surface area contributed by atoms with Crippen molar-refractivity contribution in [3.05, 3.63) is 11.5 Å². The number of aromatic nitrogens is 1. The van der Waals surface area contributed by atoms with Crippen LogP contribution in [0.25, 0.3) is 0 Å². The van der Waals surface area contributed by atoms with Crippen LogP contribution >= 0.6 is 0 Å². The summed E-state index contributed by atoms with van der Waals surface area (Å²) in [6, 6.07) is 0.403. The Hall–Kier alpha value is -1.41. The molecule has 7 nitrogen and oxygen atoms in total. The van der Waals surface area contributed by atoms with Crippen molar-refractivity contribution >= 4 is 15.9 Å². The molecule has 0 spiro atoms. The lowest BCUT2D eigenvalue weighted by Crippen LogP contribution is -2.45. The molecule has 2 fully saturated rings. The van der Waals surface area contributed by atoms with Crippen molar-refractivity contribution in [2.45, 2.75) is 70.7 Å². The van der Waals surface area contributed by atoms with Crippen LogP contribution in [0.3, 0.4) is 0 Å². The number of piperidine rings is 1. The monoisotopic (exact) mass is 397 g/mol. The van der Waals surface area contributed by atoms with Gasteiger partial charge in [-0.05, 0) is 51.9 Å². The Labute approximate surface area is 162 Å². The molecule has 152 valence electrons. The predicted octanol–water partition coefficient (Wildman–Crippen LogP) is 2.73. The zero-order valence-corrected chi connectivity index (χ0v) is 17.6. The Morgan fingerprint density at radius 2 is 1.85 bits per heavy atom. The molecular weight excluding hydrogens is 366 g/mol. The highest BCUT2D eigenvalue weighted by Crippen LogP contribution is 2.32. The van der Waals surface area contributed by atoms with Crippen LogP contribution in [0.15, 0.2) is 9.42 Å². The Balaban J connectivity index is 1.63. The SMILES string of the molecule is Cc1noc(C)c1S(=O)(=O)N1CCC(C(=O)N(CCC(C)C)C2CC2)CC1. The molecule has 0 atom stereocenters. The van der Waals surface area contributed by atoms with E-state index >= 15 is 0 Å². The number of carbonyl (C=O) groups is 1. The van der Waals surface area contributed by atoms with E-state index < -0.39 is 10.0 Å². The minimum absolute atomic E-state index is 0.0751. The fourth-order valence-electron chi connectivity index (χ4n) is 3.81. The topological polar surface area (TPSA) is 83.7 Å². The van der Waals surface area contributed by atoms with Crippen LogP contribution in [0.4, 0.5) is 0 Å². The average Bonchev–Trinajstić information content (AvgIpc) is 3.39. The van der Waals surface area contributed by atoms with Gasteiger partial charge in [-0.15, -0.1) is 0 Å². The Bertz CT molecular complexity index is 755. The zero-order chi connectivity index (χ0) is 19.8. The molecule has 2 aliphatic rings. The second-order valence-electron chi connectivity index (χ2n) is 8.28. The van der Waals surface area contributed by atoms with Gasteiger partial charge in [0.25, 0.3) is 0 Å². The van der Waals surface area contributed by atoms with E-state index in [0.717, 1.165) is 25.8 Å². The van der Waals surface area contributed by atoms with Gasteiger partial charge in [0.05, 0.1) is 0 Å². The highest BCUT2D eigenvalue weighted by atomic mass is 32.2. The smallest absolute Gasteiger partial charge is 0.248 e. The molecule has 8 heteroatoms. The van der Waals surface area contributed by atoms with Crippen molar-refractivity contribution < 1.29 is 17.7 Å². The number of aryl methyl sites for hydroxylation is 2. The van der Waals surface area contributed by atoms with Crippen LogP contribution in [0.2, 0.25) is 0 Å². The third kappa shape index (κ3) is 4.37. The van der Waals surface area contributed by atoms with Gasteiger partial charge in [-0.3, -0.25) is 4.79 Å². The second-order valence-corrected chi connectivity index (χ2v) is 10.2. The molecule has 1 saturated heterocycles. The summed E-state index contributed by atoms with van der Waals surface area (Å²) in [5.41, 5.74) is 0.388. The van der Waals surface area contributed by atoms with Gasteiger partial charge in [-0.1, -0.05) is 19.0 Å². The van der Waals surface area contributed by atoms with Gasteiger partial charge in [0.1, 0.15) is 10.6 Å². The molecule has 0 unspecified atom stereocenters. The number of nitrogens with zero attached hydrogens (tertiary/aromatic N) is 3. The highest BCUT2D eigenvalue weighted by molar-refractivity contribution is 7.89. The van der Waals surface area contributed by atoms with E-state index in [1.165, 1.54) is 4.31 Å². The molecule has 1 aliphatic heterocycles. The Kier molecular flexibility index (Phi) is 5.96. The summed E-state index contributed by atoms with van der Waals surface area (Å²) in [4.78, 5) is 15.2. The van der Waals surface area contributed by atoms with Crippen LogP contribution in [0.5, 0.6) is 0 Å². The number of sulfonamides is 1. The molecular formula is C19H31N3O4S. The molecule has 1 aliphatic carbocycles. The summed E-state index contributed by atoms with van der Waals surface area (Å²) in [6.45, 7) is 9.16. The van der Waals surface area contributed by atoms with E-state index in [4.69, 9.17) is 4.52 Å². The number of hydrogen-bond donors (Lipinski definition) is 0. The first-order valence-corrected chi connectivity index (χ1v) is 11.4. The first-order valence-electron chi connectivity index (χ1n) is 9.95. The van der Waals surface area contributed by atoms with Crippen LogP contribution in [-0.2, 0) is 14.8 Å². The molecule has 0 radical (unpaired) electrons. The van der Waals surface area contributed by atoms with E-state index in [1.807, 2.05) is 0 Å². The van der Waals surface area contributed by atoms with Crippen LogP contribution < -0.4 is 0 Å². The quantitative estimate of drug-likeness (QED) is 0.706. The molecule has 1 aromatic rings. The molecule has 0 N–H and O–H groups in total. The third-order valence-corrected chi connectivity index (χ3v) is 7.73. The normalized spacial score (nSPS) is 19.6. The van der Waals surface area contributed by atoms with Crippen molar-refractivity contribution in [3.8, 4) is 0 Å². The molecule has 1 aromatic heterocycles. The Morgan fingerprint density at radius 1 is 1.22 bits per heavy atom. The van der Waals surface area contributed by atoms with Gasteiger partial charge in [0, 0.05) is 31.6 Å². The van der Waals surface area contributed by atoms with Crippen LogP contribution in [0, 0.1) is 25.7 Å². The summed E-state index contributed by atoms with van der Waals surface area (Å²) in [5, 5.41) is 3.76. The lowest BCUT2D eigenvalue weighted by Gasteiger charge is -2.34. The molecule has 1 saturated carbocycles. The number of hydrogen-bond acceptors (Lipinski definition) is 5. The number of carbonyl (C=O) groups excluding carboxylic acids is 1. The molecule has 1 amide bonds. The largest absolute Gasteiger partial charge is 0.360 e. The van der Waals surface area contributed by atoms with Gasteiger partial charge < -0.3 is 9.42 Å². The average molecular weight is 398 g/mol. The summed E-state index contributed by atoms with van der Waals surface area (Å²) in [7, 11) is -3.62. The maximum absolute atomic E-state index is 13.0. The minimum Gasteiger partial charge on any atom is -0.360 e. The summed E-state index contributed by atoms with van der Waals surface area (Å²) in [6.07, 6.45) is 4.37. The lowest BCUT2D eigenvalue weighted by atomic mass is 9.96. The summed E-state index contributed by atoms with van der Waals surface area (Å²) < 4.78 is 32.4. The molecule has 2 heterocycles. The van der Waals surface area contributed by atoms with Gasteiger partial charge in [-0.2, -0.15) is 4.31 Å². The fraction of sp³-hybridized carbons (Fsp3) is 0.789. The third-order valence-electron chi connectivity index (χ3n) is 5.59. The van der Waals surface area contributed by atoms with Crippen LogP contribution in [-0.4, -0.2) is 54.4 Å². The first kappa shape index (κ1) is 20.3. The standard InChI is InChI=1S/C19H31N3O4S/c1-13(2)7-12-22(17-5-6-17)19(23)16-8-10-21(11-9-16)27(24,25)18-14(3)20-26-15(18)4/h13,16-17H,5-12H2,1-4H3. The number of amides is 1. The van der Waals surface area contributed by atoms with Crippen molar-refractivity contribution in [3.63, 3.8) is 0 Å². The molecule has 3 rings (SSSR count). The van der Waals surface area contributed by atoms with Gasteiger partial charge in [-0.25, -0.2) is 8.42 Å². The van der Waals surface area contributed by atoms with Crippen molar-refractivity contribution in [2.24, 2.45) is 11.8 Å². The predicted molar refractivity (Wildman–Crippen MR) is 102 cm³/mol. The maximum atomic E-state index is 13.0. The van der Waals surface area contributed by atoms with Gasteiger partial charge >= 0.3 is 0 Å². The van der Waals surface area contributed by atoms with Crippen molar-refractivity contribution in [1.82, 2.24) is 14.4 Å². The van der Waals surface area contributed by atoms with Gasteiger partial charge in [0.2, 0.25) is 15.9 Å². The molecule has 27 heavy (non-hydrogen) atoms. The van der Waals surface area contributed by atoms with E-state index in [1.54, 1.807) is 13.8 Å². The Morgan fingerprint density at radius 3 is 2.33 bits per heavy atom. The van der Waals surface area contributed by atoms with Crippen LogP contribution in [0.1, 0.15) is 57.4 Å². The summed E-state index contributed by atoms with van der Waals surface area (Å²) in [5.74, 6) is 1.03. The fourth-order valence-corrected chi connectivity index (χ4v) is 5.57.